The molecule has 0 radical (unpaired) electrons. The number of nitrogens with zero attached hydrogens (tertiary/aromatic N) is 3. The van der Waals surface area contributed by atoms with Gasteiger partial charge >= 0.3 is 0 Å². The highest BCUT2D eigenvalue weighted by Gasteiger charge is 2.19. The third-order valence-corrected chi connectivity index (χ3v) is 1.98. The van der Waals surface area contributed by atoms with Gasteiger partial charge in [-0.05, 0) is 26.1 Å². The quantitative estimate of drug-likeness (QED) is 0.408. The second-order valence-electron chi connectivity index (χ2n) is 3.27. The summed E-state index contributed by atoms with van der Waals surface area (Å²) in [6, 6.07) is 0. The maximum Gasteiger partial charge on any atom is 0.0731 e. The SMILES string of the molecule is C\C=C/C(=C\C=N\NC)N1CN(C)C1. The van der Waals surface area contributed by atoms with Crippen LogP contribution in [0.4, 0.5) is 0 Å². The number of hydrazone groups is 1. The van der Waals surface area contributed by atoms with Crippen molar-refractivity contribution in [3.63, 3.8) is 0 Å². The Morgan fingerprint density at radius 1 is 1.43 bits per heavy atom. The third kappa shape index (κ3) is 2.88. The van der Waals surface area contributed by atoms with Gasteiger partial charge in [-0.2, -0.15) is 5.10 Å². The highest BCUT2D eigenvalue weighted by molar-refractivity contribution is 5.72. The van der Waals surface area contributed by atoms with E-state index in [1.807, 2.05) is 19.1 Å². The van der Waals surface area contributed by atoms with E-state index in [9.17, 15) is 0 Å². The van der Waals surface area contributed by atoms with Gasteiger partial charge in [0.15, 0.2) is 0 Å². The second-order valence-corrected chi connectivity index (χ2v) is 3.27. The molecular formula is C10H18N4. The van der Waals surface area contributed by atoms with Gasteiger partial charge in [0.25, 0.3) is 0 Å². The van der Waals surface area contributed by atoms with Crippen LogP contribution in [0.15, 0.2) is 29.0 Å². The largest absolute Gasteiger partial charge is 0.345 e. The first-order valence-electron chi connectivity index (χ1n) is 4.74. The van der Waals surface area contributed by atoms with Crippen molar-refractivity contribution in [3.05, 3.63) is 23.9 Å². The molecule has 78 valence electrons. The van der Waals surface area contributed by atoms with Crippen LogP contribution >= 0.6 is 0 Å². The fraction of sp³-hybridized carbons (Fsp3) is 0.500. The molecule has 0 aliphatic carbocycles. The van der Waals surface area contributed by atoms with E-state index in [2.05, 4.69) is 33.5 Å². The summed E-state index contributed by atoms with van der Waals surface area (Å²) in [6.07, 6.45) is 7.91. The smallest absolute Gasteiger partial charge is 0.0731 e. The Labute approximate surface area is 85.6 Å². The lowest BCUT2D eigenvalue weighted by molar-refractivity contribution is 0.0259. The molecule has 1 fully saturated rings. The zero-order valence-electron chi connectivity index (χ0n) is 9.07. The van der Waals surface area contributed by atoms with Crippen LogP contribution < -0.4 is 5.43 Å². The van der Waals surface area contributed by atoms with E-state index < -0.39 is 0 Å². The van der Waals surface area contributed by atoms with E-state index in [1.165, 1.54) is 5.70 Å². The molecule has 4 heteroatoms. The molecule has 0 unspecified atom stereocenters. The van der Waals surface area contributed by atoms with Crippen molar-refractivity contribution in [1.82, 2.24) is 15.2 Å². The normalized spacial score (nSPS) is 19.4. The zero-order chi connectivity index (χ0) is 10.4. The van der Waals surface area contributed by atoms with Gasteiger partial charge in [-0.1, -0.05) is 6.08 Å². The van der Waals surface area contributed by atoms with E-state index in [0.717, 1.165) is 13.3 Å². The molecule has 0 atom stereocenters. The van der Waals surface area contributed by atoms with E-state index in [1.54, 1.807) is 13.3 Å². The van der Waals surface area contributed by atoms with Gasteiger partial charge in [-0.15, -0.1) is 0 Å². The van der Waals surface area contributed by atoms with Crippen molar-refractivity contribution >= 4 is 6.21 Å². The van der Waals surface area contributed by atoms with E-state index in [4.69, 9.17) is 0 Å². The van der Waals surface area contributed by atoms with Crippen molar-refractivity contribution in [1.29, 1.82) is 0 Å². The van der Waals surface area contributed by atoms with Gasteiger partial charge in [-0.25, -0.2) is 0 Å². The van der Waals surface area contributed by atoms with Crippen LogP contribution in [0.1, 0.15) is 6.92 Å². The predicted octanol–water partition coefficient (Wildman–Crippen LogP) is 0.814. The minimum atomic E-state index is 0.990. The number of rotatable bonds is 4. The molecule has 1 aliphatic heterocycles. The molecule has 1 rings (SSSR count). The molecule has 4 nitrogen and oxygen atoms in total. The van der Waals surface area contributed by atoms with Crippen molar-refractivity contribution in [2.75, 3.05) is 27.4 Å². The van der Waals surface area contributed by atoms with Crippen LogP contribution in [0.5, 0.6) is 0 Å². The molecule has 0 aromatic rings. The Kier molecular flexibility index (Phi) is 4.19. The predicted molar refractivity (Wildman–Crippen MR) is 59.8 cm³/mol. The van der Waals surface area contributed by atoms with Gasteiger partial charge in [0.2, 0.25) is 0 Å². The van der Waals surface area contributed by atoms with Crippen LogP contribution in [0.2, 0.25) is 0 Å². The lowest BCUT2D eigenvalue weighted by Crippen LogP contribution is -2.51. The molecule has 14 heavy (non-hydrogen) atoms. The molecule has 0 aromatic carbocycles. The molecule has 1 saturated heterocycles. The number of hydrogen-bond donors (Lipinski definition) is 1. The molecule has 0 spiro atoms. The van der Waals surface area contributed by atoms with Crippen LogP contribution in [-0.2, 0) is 0 Å². The number of hydrogen-bond acceptors (Lipinski definition) is 4. The summed E-state index contributed by atoms with van der Waals surface area (Å²) in [7, 11) is 3.89. The molecule has 0 aromatic heterocycles. The van der Waals surface area contributed by atoms with Gasteiger partial charge < -0.3 is 10.3 Å². The standard InChI is InChI=1S/C10H18N4/c1-4-5-10(6-7-12-11-2)14-8-13(3)9-14/h4-7,11H,8-9H2,1-3H3/b5-4-,10-6+,12-7+. The molecule has 1 aliphatic rings. The zero-order valence-corrected chi connectivity index (χ0v) is 9.07. The Morgan fingerprint density at radius 3 is 2.64 bits per heavy atom. The number of nitrogens with one attached hydrogen (secondary N) is 1. The summed E-state index contributed by atoms with van der Waals surface area (Å²) in [4.78, 5) is 4.52. The number of allylic oxidation sites excluding steroid dienone is 3. The highest BCUT2D eigenvalue weighted by atomic mass is 15.5. The highest BCUT2D eigenvalue weighted by Crippen LogP contribution is 2.14. The molecule has 0 saturated carbocycles. The second kappa shape index (κ2) is 5.44. The van der Waals surface area contributed by atoms with Gasteiger partial charge in [0, 0.05) is 19.0 Å². The lowest BCUT2D eigenvalue weighted by atomic mass is 10.3. The van der Waals surface area contributed by atoms with Crippen LogP contribution in [-0.4, -0.2) is 43.4 Å². The van der Waals surface area contributed by atoms with Crippen molar-refractivity contribution < 1.29 is 0 Å². The van der Waals surface area contributed by atoms with E-state index in [-0.39, 0.29) is 0 Å². The summed E-state index contributed by atoms with van der Waals surface area (Å²) >= 11 is 0. The summed E-state index contributed by atoms with van der Waals surface area (Å²) in [6.45, 7) is 4.00. The van der Waals surface area contributed by atoms with Gasteiger partial charge in [-0.3, -0.25) is 4.90 Å². The lowest BCUT2D eigenvalue weighted by Gasteiger charge is -2.42. The van der Waals surface area contributed by atoms with Crippen LogP contribution in [0.3, 0.4) is 0 Å². The first-order valence-corrected chi connectivity index (χ1v) is 4.74. The summed E-state index contributed by atoms with van der Waals surface area (Å²) in [5, 5.41) is 3.93. The minimum Gasteiger partial charge on any atom is -0.345 e. The van der Waals surface area contributed by atoms with E-state index >= 15 is 0 Å². The molecule has 0 bridgehead atoms. The van der Waals surface area contributed by atoms with Crippen molar-refractivity contribution in [2.45, 2.75) is 6.92 Å². The monoisotopic (exact) mass is 194 g/mol. The Hall–Kier alpha value is -1.29. The average molecular weight is 194 g/mol. The summed E-state index contributed by atoms with van der Waals surface area (Å²) in [5.41, 5.74) is 3.92. The summed E-state index contributed by atoms with van der Waals surface area (Å²) in [5.74, 6) is 0. The van der Waals surface area contributed by atoms with E-state index in [0.29, 0.717) is 0 Å². The van der Waals surface area contributed by atoms with Gasteiger partial charge in [0.1, 0.15) is 0 Å². The molecule has 1 N–H and O–H groups in total. The first-order chi connectivity index (χ1) is 6.77. The molecule has 0 amide bonds. The first kappa shape index (κ1) is 10.8. The maximum atomic E-state index is 3.93. The van der Waals surface area contributed by atoms with Crippen molar-refractivity contribution in [2.24, 2.45) is 5.10 Å². The fourth-order valence-electron chi connectivity index (χ4n) is 1.33. The molecular weight excluding hydrogens is 176 g/mol. The Balaban J connectivity index is 2.55. The topological polar surface area (TPSA) is 30.9 Å². The summed E-state index contributed by atoms with van der Waals surface area (Å²) < 4.78 is 0. The Morgan fingerprint density at radius 2 is 2.14 bits per heavy atom. The van der Waals surface area contributed by atoms with Crippen molar-refractivity contribution in [3.8, 4) is 0 Å². The fourth-order valence-corrected chi connectivity index (χ4v) is 1.33. The average Bonchev–Trinajstić information content (AvgIpc) is 2.12. The third-order valence-electron chi connectivity index (χ3n) is 1.98. The van der Waals surface area contributed by atoms with Gasteiger partial charge in [0.05, 0.1) is 13.3 Å². The molecule has 1 heterocycles. The Bertz CT molecular complexity index is 249. The minimum absolute atomic E-state index is 0.990. The van der Waals surface area contributed by atoms with Crippen LogP contribution in [0.25, 0.3) is 0 Å². The van der Waals surface area contributed by atoms with Crippen LogP contribution in [0, 0.1) is 0 Å². The maximum absolute atomic E-state index is 3.93.